The molecule has 1 heterocycles. The van der Waals surface area contributed by atoms with E-state index in [9.17, 15) is 13.6 Å². The van der Waals surface area contributed by atoms with Crippen molar-refractivity contribution in [3.8, 4) is 0 Å². The van der Waals surface area contributed by atoms with E-state index in [1.165, 1.54) is 25.4 Å². The van der Waals surface area contributed by atoms with Crippen molar-refractivity contribution in [3.63, 3.8) is 0 Å². The van der Waals surface area contributed by atoms with Gasteiger partial charge in [0.1, 0.15) is 5.52 Å². The number of fused-ring (bicyclic) bond motifs is 1. The third kappa shape index (κ3) is 1.60. The topological polar surface area (TPSA) is 42.0 Å². The standard InChI is InChI=1S/C11H8F2N2O/c1-14-11(16)7-4-6-2-3-8(12)9(13)10(6)15-5-7/h2-5H,1H3,(H,14,16). The second-order valence-electron chi connectivity index (χ2n) is 3.24. The van der Waals surface area contributed by atoms with E-state index in [1.807, 2.05) is 0 Å². The maximum atomic E-state index is 13.3. The molecule has 1 N–H and O–H groups in total. The molecular formula is C11H8F2N2O. The molecule has 1 aromatic heterocycles. The number of pyridine rings is 1. The Balaban J connectivity index is 2.65. The van der Waals surface area contributed by atoms with Crippen molar-refractivity contribution in [2.75, 3.05) is 7.05 Å². The number of carbonyl (C=O) groups excluding carboxylic acids is 1. The lowest BCUT2D eigenvalue weighted by molar-refractivity contribution is 0.0963. The highest BCUT2D eigenvalue weighted by Gasteiger charge is 2.10. The zero-order chi connectivity index (χ0) is 11.7. The molecule has 2 aromatic rings. The van der Waals surface area contributed by atoms with Crippen molar-refractivity contribution in [2.24, 2.45) is 0 Å². The molecule has 1 amide bonds. The molecule has 3 nitrogen and oxygen atoms in total. The third-order valence-corrected chi connectivity index (χ3v) is 2.23. The van der Waals surface area contributed by atoms with Crippen LogP contribution in [0.2, 0.25) is 0 Å². The maximum Gasteiger partial charge on any atom is 0.252 e. The van der Waals surface area contributed by atoms with Gasteiger partial charge < -0.3 is 5.32 Å². The van der Waals surface area contributed by atoms with Crippen molar-refractivity contribution in [1.82, 2.24) is 10.3 Å². The summed E-state index contributed by atoms with van der Waals surface area (Å²) >= 11 is 0. The number of nitrogens with one attached hydrogen (secondary N) is 1. The Labute approximate surface area is 90.1 Å². The SMILES string of the molecule is CNC(=O)c1cnc2c(F)c(F)ccc2c1. The summed E-state index contributed by atoms with van der Waals surface area (Å²) in [4.78, 5) is 15.0. The van der Waals surface area contributed by atoms with Gasteiger partial charge in [-0.1, -0.05) is 0 Å². The minimum Gasteiger partial charge on any atom is -0.355 e. The summed E-state index contributed by atoms with van der Waals surface area (Å²) in [6.07, 6.45) is 1.21. The van der Waals surface area contributed by atoms with Crippen molar-refractivity contribution in [2.45, 2.75) is 0 Å². The molecule has 0 spiro atoms. The number of hydrogen-bond donors (Lipinski definition) is 1. The molecule has 0 radical (unpaired) electrons. The van der Waals surface area contributed by atoms with Crippen LogP contribution in [0.4, 0.5) is 8.78 Å². The first-order chi connectivity index (χ1) is 7.63. The molecule has 0 aliphatic rings. The van der Waals surface area contributed by atoms with Gasteiger partial charge in [0.05, 0.1) is 5.56 Å². The van der Waals surface area contributed by atoms with Gasteiger partial charge in [0.25, 0.3) is 5.91 Å². The monoisotopic (exact) mass is 222 g/mol. The van der Waals surface area contributed by atoms with E-state index >= 15 is 0 Å². The van der Waals surface area contributed by atoms with Crippen LogP contribution in [0, 0.1) is 11.6 Å². The summed E-state index contributed by atoms with van der Waals surface area (Å²) in [6, 6.07) is 3.85. The molecule has 0 atom stereocenters. The molecule has 0 saturated heterocycles. The molecular weight excluding hydrogens is 214 g/mol. The number of carbonyl (C=O) groups is 1. The number of rotatable bonds is 1. The summed E-state index contributed by atoms with van der Waals surface area (Å²) in [5.74, 6) is -2.27. The number of benzene rings is 1. The number of nitrogens with zero attached hydrogens (tertiary/aromatic N) is 1. The molecule has 0 aliphatic carbocycles. The van der Waals surface area contributed by atoms with Gasteiger partial charge in [-0.15, -0.1) is 0 Å². The molecule has 0 bridgehead atoms. The van der Waals surface area contributed by atoms with Gasteiger partial charge in [-0.25, -0.2) is 8.78 Å². The zero-order valence-electron chi connectivity index (χ0n) is 8.42. The van der Waals surface area contributed by atoms with Crippen LogP contribution in [-0.4, -0.2) is 17.9 Å². The van der Waals surface area contributed by atoms with Crippen molar-refractivity contribution >= 4 is 16.8 Å². The second-order valence-corrected chi connectivity index (χ2v) is 3.24. The predicted octanol–water partition coefficient (Wildman–Crippen LogP) is 1.87. The highest BCUT2D eigenvalue weighted by atomic mass is 19.2. The van der Waals surface area contributed by atoms with Gasteiger partial charge in [0.2, 0.25) is 0 Å². The number of amides is 1. The Morgan fingerprint density at radius 1 is 1.38 bits per heavy atom. The van der Waals surface area contributed by atoms with Crippen LogP contribution in [0.3, 0.4) is 0 Å². The molecule has 0 saturated carbocycles. The molecule has 0 aliphatic heterocycles. The third-order valence-electron chi connectivity index (χ3n) is 2.23. The lowest BCUT2D eigenvalue weighted by Gasteiger charge is -2.03. The Kier molecular flexibility index (Phi) is 2.52. The lowest BCUT2D eigenvalue weighted by Crippen LogP contribution is -2.17. The molecule has 82 valence electrons. The van der Waals surface area contributed by atoms with E-state index in [-0.39, 0.29) is 11.4 Å². The van der Waals surface area contributed by atoms with Gasteiger partial charge in [0.15, 0.2) is 11.6 Å². The summed E-state index contributed by atoms with van der Waals surface area (Å²) < 4.78 is 26.2. The fraction of sp³-hybridized carbons (Fsp3) is 0.0909. The van der Waals surface area contributed by atoms with E-state index in [0.29, 0.717) is 10.9 Å². The van der Waals surface area contributed by atoms with Crippen LogP contribution >= 0.6 is 0 Å². The van der Waals surface area contributed by atoms with Crippen molar-refractivity contribution in [3.05, 3.63) is 41.6 Å². The van der Waals surface area contributed by atoms with Crippen LogP contribution in [-0.2, 0) is 0 Å². The van der Waals surface area contributed by atoms with Gasteiger partial charge in [-0.3, -0.25) is 9.78 Å². The average Bonchev–Trinajstić information content (AvgIpc) is 2.32. The van der Waals surface area contributed by atoms with Crippen LogP contribution in [0.15, 0.2) is 24.4 Å². The number of aromatic nitrogens is 1. The summed E-state index contributed by atoms with van der Waals surface area (Å²) in [5, 5.41) is 2.81. The minimum atomic E-state index is -0.999. The van der Waals surface area contributed by atoms with Gasteiger partial charge >= 0.3 is 0 Å². The van der Waals surface area contributed by atoms with Crippen molar-refractivity contribution < 1.29 is 13.6 Å². The Hall–Kier alpha value is -2.04. The van der Waals surface area contributed by atoms with E-state index in [0.717, 1.165) is 6.07 Å². The molecule has 0 unspecified atom stereocenters. The minimum absolute atomic E-state index is 0.0762. The highest BCUT2D eigenvalue weighted by molar-refractivity contribution is 5.97. The summed E-state index contributed by atoms with van der Waals surface area (Å²) in [6.45, 7) is 0. The quantitative estimate of drug-likeness (QED) is 0.800. The van der Waals surface area contributed by atoms with Crippen LogP contribution < -0.4 is 5.32 Å². The van der Waals surface area contributed by atoms with Crippen LogP contribution in [0.1, 0.15) is 10.4 Å². The predicted molar refractivity (Wildman–Crippen MR) is 55.0 cm³/mol. The maximum absolute atomic E-state index is 13.3. The van der Waals surface area contributed by atoms with E-state index < -0.39 is 11.6 Å². The fourth-order valence-corrected chi connectivity index (χ4v) is 1.41. The van der Waals surface area contributed by atoms with Crippen LogP contribution in [0.5, 0.6) is 0 Å². The molecule has 16 heavy (non-hydrogen) atoms. The van der Waals surface area contributed by atoms with E-state index in [1.54, 1.807) is 0 Å². The fourth-order valence-electron chi connectivity index (χ4n) is 1.41. The van der Waals surface area contributed by atoms with Gasteiger partial charge in [-0.05, 0) is 18.2 Å². The summed E-state index contributed by atoms with van der Waals surface area (Å²) in [7, 11) is 1.48. The first-order valence-corrected chi connectivity index (χ1v) is 4.59. The molecule has 0 fully saturated rings. The Morgan fingerprint density at radius 2 is 2.12 bits per heavy atom. The Bertz CT molecular complexity index is 569. The average molecular weight is 222 g/mol. The second kappa shape index (κ2) is 3.84. The highest BCUT2D eigenvalue weighted by Crippen LogP contribution is 2.19. The summed E-state index contributed by atoms with van der Waals surface area (Å²) in [5.41, 5.74) is 0.230. The molecule has 5 heteroatoms. The normalized spacial score (nSPS) is 10.4. The van der Waals surface area contributed by atoms with Gasteiger partial charge in [0, 0.05) is 18.6 Å². The Morgan fingerprint density at radius 3 is 2.81 bits per heavy atom. The molecule has 1 aromatic carbocycles. The van der Waals surface area contributed by atoms with E-state index in [4.69, 9.17) is 0 Å². The van der Waals surface area contributed by atoms with Gasteiger partial charge in [-0.2, -0.15) is 0 Å². The van der Waals surface area contributed by atoms with E-state index in [2.05, 4.69) is 10.3 Å². The molecule has 2 rings (SSSR count). The lowest BCUT2D eigenvalue weighted by atomic mass is 10.1. The van der Waals surface area contributed by atoms with Crippen molar-refractivity contribution in [1.29, 1.82) is 0 Å². The first-order valence-electron chi connectivity index (χ1n) is 4.59. The largest absolute Gasteiger partial charge is 0.355 e. The zero-order valence-corrected chi connectivity index (χ0v) is 8.42. The van der Waals surface area contributed by atoms with Crippen LogP contribution in [0.25, 0.3) is 10.9 Å². The smallest absolute Gasteiger partial charge is 0.252 e. The number of halogens is 2. The first kappa shape index (κ1) is 10.5. The number of hydrogen-bond acceptors (Lipinski definition) is 2.